The smallest absolute Gasteiger partial charge is 0.176 e. The van der Waals surface area contributed by atoms with Gasteiger partial charge in [0.05, 0.1) is 12.4 Å². The van der Waals surface area contributed by atoms with Crippen LogP contribution in [0.3, 0.4) is 0 Å². The third-order valence-electron chi connectivity index (χ3n) is 2.83. The number of nitrogens with zero attached hydrogens (tertiary/aromatic N) is 4. The summed E-state index contributed by atoms with van der Waals surface area (Å²) in [7, 11) is 0. The summed E-state index contributed by atoms with van der Waals surface area (Å²) in [6.45, 7) is 0.250. The van der Waals surface area contributed by atoms with Crippen LogP contribution in [0, 0.1) is 22.7 Å². The van der Waals surface area contributed by atoms with Crippen LogP contribution in [0.1, 0.15) is 23.0 Å². The highest BCUT2D eigenvalue weighted by Gasteiger charge is 2.20. The molecule has 5 nitrogen and oxygen atoms in total. The van der Waals surface area contributed by atoms with Gasteiger partial charge in [-0.05, 0) is 11.6 Å². The minimum Gasteiger partial charge on any atom is -0.328 e. The lowest BCUT2D eigenvalue weighted by Crippen LogP contribution is -2.21. The minimum absolute atomic E-state index is 0.0907. The zero-order valence-corrected chi connectivity index (χ0v) is 10.7. The first-order chi connectivity index (χ1) is 9.22. The lowest BCUT2D eigenvalue weighted by atomic mass is 10.1. The number of nitrogens with two attached hydrogens (primary N) is 1. The maximum Gasteiger partial charge on any atom is 0.176 e. The highest BCUT2D eigenvalue weighted by Crippen LogP contribution is 2.26. The second-order valence-corrected chi connectivity index (χ2v) is 4.25. The van der Waals surface area contributed by atoms with Crippen molar-refractivity contribution >= 4 is 11.6 Å². The van der Waals surface area contributed by atoms with Gasteiger partial charge in [-0.25, -0.2) is 4.98 Å². The molecule has 2 N–H and O–H groups in total. The molecule has 1 aromatic heterocycles. The molecule has 0 bridgehead atoms. The van der Waals surface area contributed by atoms with Gasteiger partial charge in [0.15, 0.2) is 11.4 Å². The highest BCUT2D eigenvalue weighted by molar-refractivity contribution is 6.31. The number of rotatable bonds is 3. The first kappa shape index (κ1) is 13.1. The Morgan fingerprint density at radius 1 is 1.32 bits per heavy atom. The molecule has 2 rings (SSSR count). The number of hydrogen-bond acceptors (Lipinski definition) is 4. The van der Waals surface area contributed by atoms with Crippen LogP contribution in [0.4, 0.5) is 0 Å². The van der Waals surface area contributed by atoms with Crippen LogP contribution in [0.2, 0.25) is 5.02 Å². The monoisotopic (exact) mass is 271 g/mol. The molecule has 1 atom stereocenters. The van der Waals surface area contributed by atoms with Crippen molar-refractivity contribution in [2.45, 2.75) is 6.04 Å². The summed E-state index contributed by atoms with van der Waals surface area (Å²) in [5.74, 6) is 0. The SMILES string of the molecule is N#Cc1ncn(C(CN)c2ccccc2Cl)c1C#N. The average Bonchev–Trinajstić information content (AvgIpc) is 2.84. The molecular formula is C13H10ClN5. The van der Waals surface area contributed by atoms with Gasteiger partial charge in [-0.2, -0.15) is 10.5 Å². The van der Waals surface area contributed by atoms with E-state index in [1.54, 1.807) is 10.6 Å². The molecule has 0 spiro atoms. The standard InChI is InChI=1S/C13H10ClN5/c14-10-4-2-1-3-9(10)12(6-16)19-8-18-11(5-15)13(19)7-17/h1-4,8,12H,6,16H2. The van der Waals surface area contributed by atoms with E-state index in [-0.39, 0.29) is 24.0 Å². The molecule has 19 heavy (non-hydrogen) atoms. The van der Waals surface area contributed by atoms with Crippen molar-refractivity contribution in [2.24, 2.45) is 5.73 Å². The van der Waals surface area contributed by atoms with E-state index in [1.165, 1.54) is 6.33 Å². The minimum atomic E-state index is -0.321. The zero-order valence-electron chi connectivity index (χ0n) is 9.92. The second-order valence-electron chi connectivity index (χ2n) is 3.85. The van der Waals surface area contributed by atoms with E-state index >= 15 is 0 Å². The van der Waals surface area contributed by atoms with E-state index in [9.17, 15) is 0 Å². The number of hydrogen-bond donors (Lipinski definition) is 1. The first-order valence-corrected chi connectivity index (χ1v) is 5.92. The first-order valence-electron chi connectivity index (χ1n) is 5.54. The van der Waals surface area contributed by atoms with Gasteiger partial charge in [-0.15, -0.1) is 0 Å². The van der Waals surface area contributed by atoms with Crippen molar-refractivity contribution < 1.29 is 0 Å². The molecule has 6 heteroatoms. The summed E-state index contributed by atoms with van der Waals surface area (Å²) in [6, 6.07) is 10.8. The van der Waals surface area contributed by atoms with Gasteiger partial charge in [0.2, 0.25) is 0 Å². The molecule has 0 amide bonds. The van der Waals surface area contributed by atoms with Crippen molar-refractivity contribution in [1.82, 2.24) is 9.55 Å². The number of imidazole rings is 1. The Hall–Kier alpha value is -2.34. The molecular weight excluding hydrogens is 262 g/mol. The van der Waals surface area contributed by atoms with E-state index in [0.717, 1.165) is 5.56 Å². The molecule has 0 aliphatic carbocycles. The fourth-order valence-electron chi connectivity index (χ4n) is 1.93. The normalized spacial score (nSPS) is 11.6. The van der Waals surface area contributed by atoms with E-state index in [4.69, 9.17) is 27.9 Å². The fraction of sp³-hybridized carbons (Fsp3) is 0.154. The quantitative estimate of drug-likeness (QED) is 0.922. The summed E-state index contributed by atoms with van der Waals surface area (Å²) in [5, 5.41) is 18.6. The average molecular weight is 272 g/mol. The third-order valence-corrected chi connectivity index (χ3v) is 3.17. The van der Waals surface area contributed by atoms with Gasteiger partial charge in [-0.3, -0.25) is 0 Å². The van der Waals surface area contributed by atoms with Crippen LogP contribution in [0.25, 0.3) is 0 Å². The Labute approximate surface area is 115 Å². The molecule has 0 saturated carbocycles. The molecule has 0 aliphatic rings. The van der Waals surface area contributed by atoms with Crippen molar-refractivity contribution in [3.05, 3.63) is 52.6 Å². The van der Waals surface area contributed by atoms with Crippen molar-refractivity contribution in [3.8, 4) is 12.1 Å². The fourth-order valence-corrected chi connectivity index (χ4v) is 2.19. The maximum absolute atomic E-state index is 9.14. The summed E-state index contributed by atoms with van der Waals surface area (Å²) >= 11 is 6.15. The van der Waals surface area contributed by atoms with Crippen molar-refractivity contribution in [2.75, 3.05) is 6.54 Å². The van der Waals surface area contributed by atoms with Crippen LogP contribution >= 0.6 is 11.6 Å². The summed E-state index contributed by atoms with van der Waals surface area (Å²) < 4.78 is 1.58. The third kappa shape index (κ3) is 2.30. The Bertz CT molecular complexity index is 677. The summed E-state index contributed by atoms with van der Waals surface area (Å²) in [6.07, 6.45) is 1.44. The predicted molar refractivity (Wildman–Crippen MR) is 70.3 cm³/mol. The van der Waals surface area contributed by atoms with E-state index in [0.29, 0.717) is 5.02 Å². The number of nitriles is 2. The molecule has 0 fully saturated rings. The van der Waals surface area contributed by atoms with Crippen LogP contribution in [-0.2, 0) is 0 Å². The lowest BCUT2D eigenvalue weighted by Gasteiger charge is -2.19. The topological polar surface area (TPSA) is 91.4 Å². The number of aromatic nitrogens is 2. The Kier molecular flexibility index (Phi) is 3.82. The largest absolute Gasteiger partial charge is 0.328 e. The molecule has 1 heterocycles. The molecule has 0 saturated heterocycles. The maximum atomic E-state index is 9.14. The van der Waals surface area contributed by atoms with Gasteiger partial charge >= 0.3 is 0 Å². The van der Waals surface area contributed by atoms with Gasteiger partial charge in [0, 0.05) is 11.6 Å². The Balaban J connectivity index is 2.56. The van der Waals surface area contributed by atoms with Crippen LogP contribution in [0.15, 0.2) is 30.6 Å². The molecule has 1 unspecified atom stereocenters. The molecule has 2 aromatic rings. The second kappa shape index (κ2) is 5.53. The van der Waals surface area contributed by atoms with Crippen LogP contribution in [-0.4, -0.2) is 16.1 Å². The molecule has 1 aromatic carbocycles. The van der Waals surface area contributed by atoms with Crippen LogP contribution in [0.5, 0.6) is 0 Å². The predicted octanol–water partition coefficient (Wildman–Crippen LogP) is 1.83. The van der Waals surface area contributed by atoms with E-state index in [2.05, 4.69) is 4.98 Å². The van der Waals surface area contributed by atoms with Gasteiger partial charge in [0.25, 0.3) is 0 Å². The highest BCUT2D eigenvalue weighted by atomic mass is 35.5. The zero-order chi connectivity index (χ0) is 13.8. The molecule has 0 aliphatic heterocycles. The lowest BCUT2D eigenvalue weighted by molar-refractivity contribution is 0.588. The van der Waals surface area contributed by atoms with Crippen LogP contribution < -0.4 is 5.73 Å². The van der Waals surface area contributed by atoms with E-state index in [1.807, 2.05) is 30.3 Å². The Morgan fingerprint density at radius 2 is 2.05 bits per heavy atom. The summed E-state index contributed by atoms with van der Waals surface area (Å²) in [4.78, 5) is 3.91. The van der Waals surface area contributed by atoms with Gasteiger partial charge in [-0.1, -0.05) is 29.8 Å². The molecule has 94 valence electrons. The number of halogens is 1. The number of benzene rings is 1. The van der Waals surface area contributed by atoms with Gasteiger partial charge < -0.3 is 10.3 Å². The van der Waals surface area contributed by atoms with Crippen molar-refractivity contribution in [3.63, 3.8) is 0 Å². The van der Waals surface area contributed by atoms with Crippen molar-refractivity contribution in [1.29, 1.82) is 10.5 Å². The molecule has 0 radical (unpaired) electrons. The van der Waals surface area contributed by atoms with Gasteiger partial charge in [0.1, 0.15) is 12.1 Å². The van der Waals surface area contributed by atoms with E-state index < -0.39 is 0 Å². The summed E-state index contributed by atoms with van der Waals surface area (Å²) in [5.41, 5.74) is 6.86. The Morgan fingerprint density at radius 3 is 2.63 bits per heavy atom.